The van der Waals surface area contributed by atoms with Crippen LogP contribution in [0.2, 0.25) is 0 Å². The summed E-state index contributed by atoms with van der Waals surface area (Å²) in [6.07, 6.45) is 5.06. The third kappa shape index (κ3) is 5.28. The molecule has 0 aliphatic carbocycles. The molecule has 32 heavy (non-hydrogen) atoms. The predicted octanol–water partition coefficient (Wildman–Crippen LogP) is 4.19. The van der Waals surface area contributed by atoms with Crippen LogP contribution in [0.4, 0.5) is 0 Å². The molecule has 2 aromatic heterocycles. The number of hydrogen-bond acceptors (Lipinski definition) is 6. The predicted molar refractivity (Wildman–Crippen MR) is 127 cm³/mol. The Morgan fingerprint density at radius 2 is 1.62 bits per heavy atom. The fraction of sp³-hybridized carbons (Fsp3) is 0.125. The summed E-state index contributed by atoms with van der Waals surface area (Å²) in [6.45, 7) is 4.06. The Morgan fingerprint density at radius 3 is 2.31 bits per heavy atom. The van der Waals surface area contributed by atoms with Gasteiger partial charge in [-0.15, -0.1) is 10.2 Å². The first-order chi connectivity index (χ1) is 15.6. The molecule has 0 fully saturated rings. The zero-order valence-electron chi connectivity index (χ0n) is 17.8. The third-order valence-corrected chi connectivity index (χ3v) is 5.61. The molecule has 0 aliphatic heterocycles. The van der Waals surface area contributed by atoms with Crippen LogP contribution in [0.5, 0.6) is 0 Å². The van der Waals surface area contributed by atoms with E-state index in [0.29, 0.717) is 11.0 Å². The highest BCUT2D eigenvalue weighted by Gasteiger charge is 2.17. The Kier molecular flexibility index (Phi) is 6.72. The number of nitrogens with zero attached hydrogens (tertiary/aromatic N) is 5. The second kappa shape index (κ2) is 10.0. The van der Waals surface area contributed by atoms with Crippen LogP contribution in [0.15, 0.2) is 83.3 Å². The zero-order valence-corrected chi connectivity index (χ0v) is 18.6. The third-order valence-electron chi connectivity index (χ3n) is 4.68. The monoisotopic (exact) mass is 442 g/mol. The van der Waals surface area contributed by atoms with Gasteiger partial charge in [0.2, 0.25) is 0 Å². The molecule has 0 aliphatic rings. The first-order valence-corrected chi connectivity index (χ1v) is 11.0. The van der Waals surface area contributed by atoms with E-state index in [1.807, 2.05) is 79.1 Å². The Balaban J connectivity index is 1.49. The van der Waals surface area contributed by atoms with Crippen LogP contribution in [-0.2, 0) is 4.79 Å². The summed E-state index contributed by atoms with van der Waals surface area (Å²) in [7, 11) is 0. The van der Waals surface area contributed by atoms with Gasteiger partial charge in [-0.1, -0.05) is 59.3 Å². The van der Waals surface area contributed by atoms with Crippen molar-refractivity contribution in [3.05, 3.63) is 89.7 Å². The van der Waals surface area contributed by atoms with Crippen molar-refractivity contribution >= 4 is 23.9 Å². The van der Waals surface area contributed by atoms with Crippen molar-refractivity contribution in [1.29, 1.82) is 0 Å². The van der Waals surface area contributed by atoms with Crippen LogP contribution in [0.3, 0.4) is 0 Å². The molecule has 0 bridgehead atoms. The van der Waals surface area contributed by atoms with E-state index in [4.69, 9.17) is 0 Å². The Morgan fingerprint density at radius 1 is 0.969 bits per heavy atom. The van der Waals surface area contributed by atoms with Gasteiger partial charge in [0.15, 0.2) is 11.0 Å². The number of hydrazone groups is 1. The average molecular weight is 443 g/mol. The van der Waals surface area contributed by atoms with E-state index < -0.39 is 0 Å². The summed E-state index contributed by atoms with van der Waals surface area (Å²) in [5.41, 5.74) is 7.64. The van der Waals surface area contributed by atoms with Crippen LogP contribution in [0, 0.1) is 13.8 Å². The number of amides is 1. The molecule has 8 heteroatoms. The van der Waals surface area contributed by atoms with Crippen LogP contribution in [-0.4, -0.2) is 37.6 Å². The fourth-order valence-electron chi connectivity index (χ4n) is 2.97. The molecule has 160 valence electrons. The molecule has 7 nitrogen and oxygen atoms in total. The van der Waals surface area contributed by atoms with Crippen molar-refractivity contribution in [2.75, 3.05) is 5.75 Å². The minimum atomic E-state index is -0.220. The summed E-state index contributed by atoms with van der Waals surface area (Å²) >= 11 is 1.31. The second-order valence-electron chi connectivity index (χ2n) is 7.21. The van der Waals surface area contributed by atoms with Crippen molar-refractivity contribution in [2.45, 2.75) is 19.0 Å². The summed E-state index contributed by atoms with van der Waals surface area (Å²) in [4.78, 5) is 16.4. The van der Waals surface area contributed by atoms with Gasteiger partial charge in [0, 0.05) is 23.6 Å². The van der Waals surface area contributed by atoms with Crippen LogP contribution < -0.4 is 5.43 Å². The highest BCUT2D eigenvalue weighted by molar-refractivity contribution is 7.99. The fourth-order valence-corrected chi connectivity index (χ4v) is 3.72. The van der Waals surface area contributed by atoms with E-state index in [1.165, 1.54) is 17.3 Å². The highest BCUT2D eigenvalue weighted by atomic mass is 32.2. The molecule has 0 spiro atoms. The molecule has 0 saturated carbocycles. The number of carbonyl (C=O) groups is 1. The van der Waals surface area contributed by atoms with Crippen molar-refractivity contribution in [3.8, 4) is 17.1 Å². The van der Waals surface area contributed by atoms with Gasteiger partial charge >= 0.3 is 0 Å². The molecule has 2 aromatic carbocycles. The Hall–Kier alpha value is -3.78. The van der Waals surface area contributed by atoms with Crippen molar-refractivity contribution < 1.29 is 4.79 Å². The second-order valence-corrected chi connectivity index (χ2v) is 8.15. The molecular formula is C24H22N6OS. The maximum Gasteiger partial charge on any atom is 0.250 e. The summed E-state index contributed by atoms with van der Waals surface area (Å²) in [5.74, 6) is 0.629. The number of benzene rings is 2. The SMILES string of the molecule is Cc1ccc(C=NNC(=O)CSc2nnc(-c3ccncc3)n2-c2ccc(C)cc2)cc1. The minimum absolute atomic E-state index is 0.158. The zero-order chi connectivity index (χ0) is 22.3. The van der Waals surface area contributed by atoms with Gasteiger partial charge < -0.3 is 0 Å². The maximum absolute atomic E-state index is 12.3. The number of pyridine rings is 1. The number of carbonyl (C=O) groups excluding carboxylic acids is 1. The molecule has 1 amide bonds. The van der Waals surface area contributed by atoms with Gasteiger partial charge in [-0.2, -0.15) is 5.10 Å². The number of rotatable bonds is 7. The average Bonchev–Trinajstić information content (AvgIpc) is 3.24. The standard InChI is InChI=1S/C24H22N6OS/c1-17-3-7-19(8-4-17)15-26-27-22(31)16-32-24-29-28-23(20-11-13-25-14-12-20)30(24)21-9-5-18(2)6-10-21/h3-15H,16H2,1-2H3,(H,27,31). The minimum Gasteiger partial charge on any atom is -0.272 e. The highest BCUT2D eigenvalue weighted by Crippen LogP contribution is 2.27. The molecule has 1 N–H and O–H groups in total. The Labute approximate surface area is 190 Å². The van der Waals surface area contributed by atoms with Crippen molar-refractivity contribution in [1.82, 2.24) is 25.2 Å². The lowest BCUT2D eigenvalue weighted by Crippen LogP contribution is -2.20. The first kappa shape index (κ1) is 21.5. The van der Waals surface area contributed by atoms with E-state index >= 15 is 0 Å². The maximum atomic E-state index is 12.3. The van der Waals surface area contributed by atoms with Gasteiger partial charge in [0.05, 0.1) is 12.0 Å². The lowest BCUT2D eigenvalue weighted by Gasteiger charge is -2.10. The molecule has 0 unspecified atom stereocenters. The molecule has 2 heterocycles. The topological polar surface area (TPSA) is 85.1 Å². The van der Waals surface area contributed by atoms with Gasteiger partial charge in [-0.3, -0.25) is 14.3 Å². The summed E-state index contributed by atoms with van der Waals surface area (Å²) < 4.78 is 1.95. The van der Waals surface area contributed by atoms with Crippen molar-refractivity contribution in [3.63, 3.8) is 0 Å². The van der Waals surface area contributed by atoms with Crippen LogP contribution >= 0.6 is 11.8 Å². The first-order valence-electron chi connectivity index (χ1n) is 10.0. The molecule has 0 atom stereocenters. The Bertz CT molecular complexity index is 1220. The molecular weight excluding hydrogens is 420 g/mol. The van der Waals surface area contributed by atoms with E-state index in [1.54, 1.807) is 18.6 Å². The smallest absolute Gasteiger partial charge is 0.250 e. The normalized spacial score (nSPS) is 11.1. The number of aryl methyl sites for hydroxylation is 2. The van der Waals surface area contributed by atoms with Gasteiger partial charge in [0.1, 0.15) is 0 Å². The number of nitrogens with one attached hydrogen (secondary N) is 1. The summed E-state index contributed by atoms with van der Waals surface area (Å²) in [6, 6.07) is 19.8. The largest absolute Gasteiger partial charge is 0.272 e. The molecule has 4 rings (SSSR count). The van der Waals surface area contributed by atoms with Gasteiger partial charge in [-0.25, -0.2) is 5.43 Å². The van der Waals surface area contributed by atoms with Crippen molar-refractivity contribution in [2.24, 2.45) is 5.10 Å². The summed E-state index contributed by atoms with van der Waals surface area (Å²) in [5, 5.41) is 13.4. The van der Waals surface area contributed by atoms with E-state index in [2.05, 4.69) is 25.7 Å². The van der Waals surface area contributed by atoms with E-state index in [0.717, 1.165) is 22.4 Å². The number of hydrogen-bond donors (Lipinski definition) is 1. The van der Waals surface area contributed by atoms with E-state index in [9.17, 15) is 4.79 Å². The van der Waals surface area contributed by atoms with Crippen LogP contribution in [0.25, 0.3) is 17.1 Å². The molecule has 4 aromatic rings. The van der Waals surface area contributed by atoms with Crippen LogP contribution in [0.1, 0.15) is 16.7 Å². The van der Waals surface area contributed by atoms with Gasteiger partial charge in [0.25, 0.3) is 5.91 Å². The lowest BCUT2D eigenvalue weighted by atomic mass is 10.2. The lowest BCUT2D eigenvalue weighted by molar-refractivity contribution is -0.118. The number of thioether (sulfide) groups is 1. The van der Waals surface area contributed by atoms with E-state index in [-0.39, 0.29) is 11.7 Å². The van der Waals surface area contributed by atoms with Gasteiger partial charge in [-0.05, 0) is 43.7 Å². The number of aromatic nitrogens is 4. The molecule has 0 saturated heterocycles. The quantitative estimate of drug-likeness (QED) is 0.264. The molecule has 0 radical (unpaired) electrons.